The molecule has 0 unspecified atom stereocenters. The van der Waals surface area contributed by atoms with E-state index in [2.05, 4.69) is 0 Å². The van der Waals surface area contributed by atoms with Gasteiger partial charge in [-0.3, -0.25) is 4.79 Å². The van der Waals surface area contributed by atoms with Crippen LogP contribution in [0.2, 0.25) is 0 Å². The Morgan fingerprint density at radius 3 is 2.38 bits per heavy atom. The summed E-state index contributed by atoms with van der Waals surface area (Å²) in [6.45, 7) is 0.560. The van der Waals surface area contributed by atoms with Crippen LogP contribution in [0.5, 0.6) is 17.2 Å². The van der Waals surface area contributed by atoms with Crippen molar-refractivity contribution in [2.45, 2.75) is 12.5 Å². The van der Waals surface area contributed by atoms with Crippen LogP contribution in [-0.2, 0) is 6.42 Å². The van der Waals surface area contributed by atoms with Gasteiger partial charge in [0, 0.05) is 12.1 Å². The number of amides is 1. The molecule has 3 aromatic rings. The van der Waals surface area contributed by atoms with Crippen LogP contribution >= 0.6 is 0 Å². The maximum Gasteiger partial charge on any atom is 0.254 e. The van der Waals surface area contributed by atoms with Gasteiger partial charge in [0.1, 0.15) is 24.0 Å². The molecule has 0 aliphatic carbocycles. The second-order valence-corrected chi connectivity index (χ2v) is 7.45. The predicted octanol–water partition coefficient (Wildman–Crippen LogP) is 4.80. The van der Waals surface area contributed by atoms with Crippen molar-refractivity contribution >= 4 is 5.91 Å². The number of ether oxygens (including phenoxy) is 3. The number of methoxy groups -OCH3 is 2. The quantitative estimate of drug-likeness (QED) is 0.554. The fourth-order valence-electron chi connectivity index (χ4n) is 3.94. The van der Waals surface area contributed by atoms with Gasteiger partial charge < -0.3 is 19.1 Å². The summed E-state index contributed by atoms with van der Waals surface area (Å²) in [6.07, 6.45) is 0.601. The monoisotopic (exact) mass is 439 g/mol. The van der Waals surface area contributed by atoms with Gasteiger partial charge in [0.05, 0.1) is 20.3 Å². The maximum atomic E-state index is 13.8. The first-order valence-corrected chi connectivity index (χ1v) is 10.2. The molecular weight excluding hydrogens is 416 g/mol. The Balaban J connectivity index is 1.70. The minimum absolute atomic E-state index is 0.134. The SMILES string of the molecule is COc1cc2c(cc1OC)[C@H](COc1ccc(F)cc1)N(C(=O)c1cccc(F)c1)CC2. The van der Waals surface area contributed by atoms with Gasteiger partial charge in [-0.05, 0) is 72.1 Å². The summed E-state index contributed by atoms with van der Waals surface area (Å²) in [5.74, 6) is 0.501. The van der Waals surface area contributed by atoms with Gasteiger partial charge in [0.2, 0.25) is 0 Å². The molecule has 1 aliphatic heterocycles. The first-order valence-electron chi connectivity index (χ1n) is 10.2. The minimum atomic E-state index is -0.473. The highest BCUT2D eigenvalue weighted by Gasteiger charge is 2.33. The highest BCUT2D eigenvalue weighted by Crippen LogP contribution is 2.39. The molecule has 0 saturated heterocycles. The number of nitrogens with zero attached hydrogens (tertiary/aromatic N) is 1. The molecule has 1 amide bonds. The van der Waals surface area contributed by atoms with Crippen LogP contribution < -0.4 is 14.2 Å². The molecule has 3 aromatic carbocycles. The Kier molecular flexibility index (Phi) is 6.25. The van der Waals surface area contributed by atoms with Crippen LogP contribution in [0.15, 0.2) is 60.7 Å². The standard InChI is InChI=1S/C25H23F2NO4/c1-30-23-13-16-10-11-28(25(29)17-4-3-5-19(27)12-17)22(21(16)14-24(23)31-2)15-32-20-8-6-18(26)7-9-20/h3-9,12-14,22H,10-11,15H2,1-2H3/t22-/m0/s1. The van der Waals surface area contributed by atoms with Gasteiger partial charge in [0.15, 0.2) is 11.5 Å². The first kappa shape index (κ1) is 21.6. The van der Waals surface area contributed by atoms with Gasteiger partial charge in [0.25, 0.3) is 5.91 Å². The zero-order valence-corrected chi connectivity index (χ0v) is 17.8. The van der Waals surface area contributed by atoms with Crippen molar-refractivity contribution in [3.63, 3.8) is 0 Å². The number of carbonyl (C=O) groups excluding carboxylic acids is 1. The fraction of sp³-hybridized carbons (Fsp3) is 0.240. The maximum absolute atomic E-state index is 13.8. The molecule has 1 aliphatic rings. The summed E-state index contributed by atoms with van der Waals surface area (Å²) in [5.41, 5.74) is 2.14. The van der Waals surface area contributed by atoms with Gasteiger partial charge in [-0.25, -0.2) is 8.78 Å². The summed E-state index contributed by atoms with van der Waals surface area (Å²) in [7, 11) is 3.12. The Hall–Kier alpha value is -3.61. The van der Waals surface area contributed by atoms with E-state index in [4.69, 9.17) is 14.2 Å². The zero-order valence-electron chi connectivity index (χ0n) is 17.8. The summed E-state index contributed by atoms with van der Waals surface area (Å²) >= 11 is 0. The van der Waals surface area contributed by atoms with E-state index in [1.807, 2.05) is 12.1 Å². The summed E-state index contributed by atoms with van der Waals surface area (Å²) in [6, 6.07) is 14.6. The van der Waals surface area contributed by atoms with E-state index < -0.39 is 11.9 Å². The Morgan fingerprint density at radius 2 is 1.69 bits per heavy atom. The minimum Gasteiger partial charge on any atom is -0.493 e. The molecule has 0 fully saturated rings. The van der Waals surface area contributed by atoms with Crippen molar-refractivity contribution in [2.24, 2.45) is 0 Å². The van der Waals surface area contributed by atoms with Crippen molar-refractivity contribution in [3.8, 4) is 17.2 Å². The number of halogens is 2. The molecule has 0 spiro atoms. The smallest absolute Gasteiger partial charge is 0.254 e. The van der Waals surface area contributed by atoms with E-state index in [-0.39, 0.29) is 23.9 Å². The lowest BCUT2D eigenvalue weighted by Crippen LogP contribution is -2.42. The van der Waals surface area contributed by atoms with Crippen molar-refractivity contribution in [1.82, 2.24) is 4.90 Å². The van der Waals surface area contributed by atoms with E-state index in [9.17, 15) is 13.6 Å². The lowest BCUT2D eigenvalue weighted by Gasteiger charge is -2.37. The Morgan fingerprint density at radius 1 is 0.969 bits per heavy atom. The highest BCUT2D eigenvalue weighted by molar-refractivity contribution is 5.94. The van der Waals surface area contributed by atoms with Gasteiger partial charge in [-0.15, -0.1) is 0 Å². The van der Waals surface area contributed by atoms with Gasteiger partial charge in [-0.1, -0.05) is 6.07 Å². The van der Waals surface area contributed by atoms with Crippen LogP contribution in [0.3, 0.4) is 0 Å². The topological polar surface area (TPSA) is 48.0 Å². The molecular formula is C25H23F2NO4. The highest BCUT2D eigenvalue weighted by atomic mass is 19.1. The number of rotatable bonds is 6. The van der Waals surface area contributed by atoms with Crippen molar-refractivity contribution in [2.75, 3.05) is 27.4 Å². The molecule has 166 valence electrons. The molecule has 0 bridgehead atoms. The van der Waals surface area contributed by atoms with Crippen LogP contribution in [0.4, 0.5) is 8.78 Å². The third-order valence-corrected chi connectivity index (χ3v) is 5.56. The second kappa shape index (κ2) is 9.26. The van der Waals surface area contributed by atoms with E-state index in [1.54, 1.807) is 25.2 Å². The largest absolute Gasteiger partial charge is 0.493 e. The number of fused-ring (bicyclic) bond motifs is 1. The van der Waals surface area contributed by atoms with Crippen LogP contribution in [0.1, 0.15) is 27.5 Å². The number of carbonyl (C=O) groups is 1. The molecule has 0 aromatic heterocycles. The molecule has 32 heavy (non-hydrogen) atoms. The molecule has 7 heteroatoms. The van der Waals surface area contributed by atoms with Gasteiger partial charge in [-0.2, -0.15) is 0 Å². The third-order valence-electron chi connectivity index (χ3n) is 5.56. The average Bonchev–Trinajstić information content (AvgIpc) is 2.82. The van der Waals surface area contributed by atoms with E-state index in [0.29, 0.717) is 30.2 Å². The van der Waals surface area contributed by atoms with Gasteiger partial charge >= 0.3 is 0 Å². The second-order valence-electron chi connectivity index (χ2n) is 7.45. The predicted molar refractivity (Wildman–Crippen MR) is 115 cm³/mol. The molecule has 0 N–H and O–H groups in total. The zero-order chi connectivity index (χ0) is 22.7. The molecule has 1 atom stereocenters. The van der Waals surface area contributed by atoms with Crippen molar-refractivity contribution in [3.05, 3.63) is 89.0 Å². The summed E-state index contributed by atoms with van der Waals surface area (Å²) in [4.78, 5) is 15.0. The summed E-state index contributed by atoms with van der Waals surface area (Å²) in [5, 5.41) is 0. The Labute approximate surface area is 185 Å². The van der Waals surface area contributed by atoms with Crippen LogP contribution in [0, 0.1) is 11.6 Å². The first-order chi connectivity index (χ1) is 15.5. The van der Waals surface area contributed by atoms with E-state index in [0.717, 1.165) is 11.1 Å². The number of hydrogen-bond acceptors (Lipinski definition) is 4. The number of benzene rings is 3. The lowest BCUT2D eigenvalue weighted by molar-refractivity contribution is 0.0588. The van der Waals surface area contributed by atoms with E-state index in [1.165, 1.54) is 42.5 Å². The van der Waals surface area contributed by atoms with Crippen LogP contribution in [-0.4, -0.2) is 38.2 Å². The summed E-state index contributed by atoms with van der Waals surface area (Å²) < 4.78 is 43.8. The molecule has 4 rings (SSSR count). The van der Waals surface area contributed by atoms with Crippen molar-refractivity contribution in [1.29, 1.82) is 0 Å². The molecule has 0 radical (unpaired) electrons. The lowest BCUT2D eigenvalue weighted by atomic mass is 9.91. The fourth-order valence-corrected chi connectivity index (χ4v) is 3.94. The molecule has 5 nitrogen and oxygen atoms in total. The molecule has 0 saturated carbocycles. The van der Waals surface area contributed by atoms with Crippen LogP contribution in [0.25, 0.3) is 0 Å². The normalized spacial score (nSPS) is 15.1. The average molecular weight is 439 g/mol. The van der Waals surface area contributed by atoms with E-state index >= 15 is 0 Å². The van der Waals surface area contributed by atoms with Crippen molar-refractivity contribution < 1.29 is 27.8 Å². The molecule has 1 heterocycles. The third kappa shape index (κ3) is 4.37. The number of hydrogen-bond donors (Lipinski definition) is 0. The Bertz CT molecular complexity index is 1120.